The Labute approximate surface area is 197 Å². The Morgan fingerprint density at radius 1 is 1.12 bits per heavy atom. The Balaban J connectivity index is 1.47. The van der Waals surface area contributed by atoms with E-state index in [4.69, 9.17) is 0 Å². The Morgan fingerprint density at radius 2 is 1.94 bits per heavy atom. The Kier molecular flexibility index (Phi) is 9.81. The molecule has 0 radical (unpaired) electrons. The largest absolute Gasteiger partial charge is 0.356 e. The van der Waals surface area contributed by atoms with E-state index in [1.807, 2.05) is 37.3 Å². The summed E-state index contributed by atoms with van der Waals surface area (Å²) in [5.74, 6) is -0.209. The van der Waals surface area contributed by atoms with Crippen LogP contribution in [0.1, 0.15) is 60.8 Å². The molecule has 1 unspecified atom stereocenters. The van der Waals surface area contributed by atoms with E-state index >= 15 is 0 Å². The monoisotopic (exact) mass is 451 g/mol. The van der Waals surface area contributed by atoms with Gasteiger partial charge in [-0.05, 0) is 51.6 Å². The second kappa shape index (κ2) is 13.0. The SMILES string of the molecule is Cc1cnc(C(=O)N(CCC(=O)NCCCN2CCCCC2C)CCc2ccccc2)cn1. The molecule has 1 N–H and O–H groups in total. The van der Waals surface area contributed by atoms with E-state index in [0.717, 1.165) is 37.2 Å². The molecule has 7 nitrogen and oxygen atoms in total. The van der Waals surface area contributed by atoms with Crippen LogP contribution in [0.2, 0.25) is 0 Å². The summed E-state index contributed by atoms with van der Waals surface area (Å²) in [6.45, 7) is 7.87. The number of likely N-dealkylation sites (tertiary alicyclic amines) is 1. The first kappa shape index (κ1) is 24.8. The zero-order valence-electron chi connectivity index (χ0n) is 20.0. The van der Waals surface area contributed by atoms with Crippen molar-refractivity contribution in [1.29, 1.82) is 0 Å². The number of aromatic nitrogens is 2. The Morgan fingerprint density at radius 3 is 2.67 bits per heavy atom. The van der Waals surface area contributed by atoms with Crippen molar-refractivity contribution in [2.75, 3.05) is 32.7 Å². The van der Waals surface area contributed by atoms with Crippen LogP contribution in [0.15, 0.2) is 42.7 Å². The van der Waals surface area contributed by atoms with Crippen molar-refractivity contribution >= 4 is 11.8 Å². The molecule has 7 heteroatoms. The minimum absolute atomic E-state index is 0.0193. The molecular formula is C26H37N5O2. The quantitative estimate of drug-likeness (QED) is 0.531. The lowest BCUT2D eigenvalue weighted by atomic mass is 10.0. The molecule has 1 aliphatic rings. The lowest BCUT2D eigenvalue weighted by molar-refractivity contribution is -0.121. The van der Waals surface area contributed by atoms with Crippen molar-refractivity contribution < 1.29 is 9.59 Å². The van der Waals surface area contributed by atoms with Crippen LogP contribution < -0.4 is 5.32 Å². The zero-order valence-corrected chi connectivity index (χ0v) is 20.0. The number of carbonyl (C=O) groups excluding carboxylic acids is 2. The van der Waals surface area contributed by atoms with E-state index < -0.39 is 0 Å². The average molecular weight is 452 g/mol. The number of carbonyl (C=O) groups is 2. The van der Waals surface area contributed by atoms with Gasteiger partial charge in [-0.15, -0.1) is 0 Å². The number of amides is 2. The maximum atomic E-state index is 13.0. The van der Waals surface area contributed by atoms with E-state index in [-0.39, 0.29) is 18.2 Å². The minimum Gasteiger partial charge on any atom is -0.356 e. The van der Waals surface area contributed by atoms with Crippen molar-refractivity contribution in [3.8, 4) is 0 Å². The molecule has 1 aliphatic heterocycles. The summed E-state index contributed by atoms with van der Waals surface area (Å²) in [6.07, 6.45) is 8.92. The van der Waals surface area contributed by atoms with Crippen LogP contribution in [0, 0.1) is 6.92 Å². The van der Waals surface area contributed by atoms with Gasteiger partial charge in [0.15, 0.2) is 0 Å². The molecular weight excluding hydrogens is 414 g/mol. The highest BCUT2D eigenvalue weighted by Gasteiger charge is 2.19. The van der Waals surface area contributed by atoms with E-state index in [1.165, 1.54) is 25.5 Å². The minimum atomic E-state index is -0.190. The van der Waals surface area contributed by atoms with Gasteiger partial charge in [-0.25, -0.2) is 4.98 Å². The van der Waals surface area contributed by atoms with Crippen molar-refractivity contribution in [1.82, 2.24) is 25.1 Å². The maximum absolute atomic E-state index is 13.0. The number of nitrogens with one attached hydrogen (secondary N) is 1. The zero-order chi connectivity index (χ0) is 23.5. The van der Waals surface area contributed by atoms with Crippen LogP contribution in [-0.2, 0) is 11.2 Å². The highest BCUT2D eigenvalue weighted by Crippen LogP contribution is 2.16. The van der Waals surface area contributed by atoms with E-state index in [1.54, 1.807) is 11.1 Å². The molecule has 2 heterocycles. The molecule has 1 aromatic heterocycles. The highest BCUT2D eigenvalue weighted by atomic mass is 16.2. The summed E-state index contributed by atoms with van der Waals surface area (Å²) < 4.78 is 0. The van der Waals surface area contributed by atoms with Gasteiger partial charge in [0.05, 0.1) is 11.9 Å². The average Bonchev–Trinajstić information content (AvgIpc) is 2.83. The first-order valence-corrected chi connectivity index (χ1v) is 12.2. The Bertz CT molecular complexity index is 872. The van der Waals surface area contributed by atoms with Crippen molar-refractivity contribution in [2.45, 2.75) is 58.4 Å². The van der Waals surface area contributed by atoms with Gasteiger partial charge in [-0.2, -0.15) is 0 Å². The molecule has 2 amide bonds. The third-order valence-electron chi connectivity index (χ3n) is 6.29. The molecule has 2 aromatic rings. The lowest BCUT2D eigenvalue weighted by Gasteiger charge is -2.33. The van der Waals surface area contributed by atoms with Gasteiger partial charge in [0.25, 0.3) is 5.91 Å². The van der Waals surface area contributed by atoms with Crippen LogP contribution in [0.25, 0.3) is 0 Å². The fourth-order valence-corrected chi connectivity index (χ4v) is 4.21. The molecule has 0 spiro atoms. The second-order valence-corrected chi connectivity index (χ2v) is 8.91. The summed E-state index contributed by atoms with van der Waals surface area (Å²) in [4.78, 5) is 38.1. The fourth-order valence-electron chi connectivity index (χ4n) is 4.21. The van der Waals surface area contributed by atoms with Gasteiger partial charge in [0.1, 0.15) is 5.69 Å². The molecule has 1 saturated heterocycles. The summed E-state index contributed by atoms with van der Waals surface area (Å²) in [5, 5.41) is 3.02. The van der Waals surface area contributed by atoms with Crippen molar-refractivity contribution in [2.24, 2.45) is 0 Å². The molecule has 3 rings (SSSR count). The fraction of sp³-hybridized carbons (Fsp3) is 0.538. The molecule has 1 fully saturated rings. The predicted molar refractivity (Wildman–Crippen MR) is 130 cm³/mol. The molecule has 33 heavy (non-hydrogen) atoms. The summed E-state index contributed by atoms with van der Waals surface area (Å²) >= 11 is 0. The van der Waals surface area contributed by atoms with Crippen LogP contribution in [0.5, 0.6) is 0 Å². The standard InChI is InChI=1S/C26H37N5O2/c1-21-19-29-24(20-28-21)26(33)31(17-12-23-10-4-3-5-11-23)18-13-25(32)27-14-8-16-30-15-7-6-9-22(30)2/h3-5,10-11,19-20,22H,6-9,12-18H2,1-2H3,(H,27,32). The second-order valence-electron chi connectivity index (χ2n) is 8.91. The molecule has 0 saturated carbocycles. The van der Waals surface area contributed by atoms with Crippen LogP contribution >= 0.6 is 0 Å². The van der Waals surface area contributed by atoms with Crippen molar-refractivity contribution in [3.63, 3.8) is 0 Å². The molecule has 178 valence electrons. The van der Waals surface area contributed by atoms with Gasteiger partial charge < -0.3 is 15.1 Å². The van der Waals surface area contributed by atoms with Crippen molar-refractivity contribution in [3.05, 3.63) is 59.7 Å². The number of benzene rings is 1. The first-order valence-electron chi connectivity index (χ1n) is 12.2. The number of nitrogens with zero attached hydrogens (tertiary/aromatic N) is 4. The topological polar surface area (TPSA) is 78.4 Å². The summed E-state index contributed by atoms with van der Waals surface area (Å²) in [6, 6.07) is 10.7. The van der Waals surface area contributed by atoms with E-state index in [2.05, 4.69) is 27.1 Å². The number of rotatable bonds is 11. The van der Waals surface area contributed by atoms with Gasteiger partial charge in [-0.1, -0.05) is 36.8 Å². The third kappa shape index (κ3) is 8.24. The summed E-state index contributed by atoms with van der Waals surface area (Å²) in [5.41, 5.74) is 2.23. The molecule has 0 bridgehead atoms. The Hall–Kier alpha value is -2.80. The van der Waals surface area contributed by atoms with E-state index in [9.17, 15) is 9.59 Å². The first-order chi connectivity index (χ1) is 16.0. The van der Waals surface area contributed by atoms with Crippen LogP contribution in [0.4, 0.5) is 0 Å². The highest BCUT2D eigenvalue weighted by molar-refractivity contribution is 5.92. The number of aryl methyl sites for hydroxylation is 1. The predicted octanol–water partition coefficient (Wildman–Crippen LogP) is 3.24. The molecule has 1 aromatic carbocycles. The van der Waals surface area contributed by atoms with Gasteiger partial charge in [0.2, 0.25) is 5.91 Å². The van der Waals surface area contributed by atoms with Gasteiger partial charge >= 0.3 is 0 Å². The van der Waals surface area contributed by atoms with Crippen LogP contribution in [-0.4, -0.2) is 70.3 Å². The summed E-state index contributed by atoms with van der Waals surface area (Å²) in [7, 11) is 0. The van der Waals surface area contributed by atoms with Gasteiger partial charge in [-0.3, -0.25) is 14.6 Å². The number of hydrogen-bond donors (Lipinski definition) is 1. The van der Waals surface area contributed by atoms with Gasteiger partial charge in [0, 0.05) is 44.8 Å². The smallest absolute Gasteiger partial charge is 0.274 e. The number of piperidine rings is 1. The molecule has 0 aliphatic carbocycles. The number of hydrogen-bond acceptors (Lipinski definition) is 5. The maximum Gasteiger partial charge on any atom is 0.274 e. The normalized spacial score (nSPS) is 16.4. The third-order valence-corrected chi connectivity index (χ3v) is 6.29. The molecule has 1 atom stereocenters. The lowest BCUT2D eigenvalue weighted by Crippen LogP contribution is -2.40. The van der Waals surface area contributed by atoms with Crippen LogP contribution in [0.3, 0.4) is 0 Å². The van der Waals surface area contributed by atoms with E-state index in [0.29, 0.717) is 31.4 Å².